The van der Waals surface area contributed by atoms with Crippen molar-refractivity contribution in [3.63, 3.8) is 0 Å². The van der Waals surface area contributed by atoms with E-state index in [1.54, 1.807) is 25.3 Å². The summed E-state index contributed by atoms with van der Waals surface area (Å²) in [6.07, 6.45) is 0. The van der Waals surface area contributed by atoms with Crippen molar-refractivity contribution in [2.24, 2.45) is 0 Å². The van der Waals surface area contributed by atoms with Crippen molar-refractivity contribution < 1.29 is 13.9 Å². The zero-order chi connectivity index (χ0) is 18.0. The number of halogens is 1. The number of rotatable bonds is 4. The Hall–Kier alpha value is -3.35. The molecule has 0 saturated heterocycles. The van der Waals surface area contributed by atoms with Crippen LogP contribution in [-0.2, 0) is 0 Å². The standard InChI is InChI=1S/C18H17FN4O2/c1-24-12-6-3-10(4-7-12)16-15(17(20)23-18(21)22-16)11-5-8-14(25-2)13(19)9-11/h3-9H,1-2H3,(H4,20,21,22,23). The molecule has 25 heavy (non-hydrogen) atoms. The summed E-state index contributed by atoms with van der Waals surface area (Å²) in [7, 11) is 2.99. The lowest BCUT2D eigenvalue weighted by atomic mass is 9.99. The van der Waals surface area contributed by atoms with Gasteiger partial charge in [-0.25, -0.2) is 9.37 Å². The monoisotopic (exact) mass is 340 g/mol. The summed E-state index contributed by atoms with van der Waals surface area (Å²) >= 11 is 0. The van der Waals surface area contributed by atoms with Gasteiger partial charge in [0, 0.05) is 5.56 Å². The molecule has 4 N–H and O–H groups in total. The van der Waals surface area contributed by atoms with Gasteiger partial charge in [-0.2, -0.15) is 4.98 Å². The van der Waals surface area contributed by atoms with E-state index in [0.717, 1.165) is 5.56 Å². The zero-order valence-corrected chi connectivity index (χ0v) is 13.8. The minimum Gasteiger partial charge on any atom is -0.497 e. The zero-order valence-electron chi connectivity index (χ0n) is 13.8. The summed E-state index contributed by atoms with van der Waals surface area (Å²) in [6, 6.07) is 11.8. The van der Waals surface area contributed by atoms with Gasteiger partial charge in [-0.1, -0.05) is 6.07 Å². The van der Waals surface area contributed by atoms with Gasteiger partial charge < -0.3 is 20.9 Å². The molecule has 3 rings (SSSR count). The van der Waals surface area contributed by atoms with Crippen LogP contribution in [0.4, 0.5) is 16.2 Å². The molecule has 1 heterocycles. The molecule has 2 aromatic carbocycles. The number of anilines is 2. The lowest BCUT2D eigenvalue weighted by Gasteiger charge is -2.13. The van der Waals surface area contributed by atoms with Crippen LogP contribution in [-0.4, -0.2) is 24.2 Å². The van der Waals surface area contributed by atoms with Crippen molar-refractivity contribution in [3.05, 3.63) is 48.3 Å². The minimum absolute atomic E-state index is 0.0426. The molecule has 0 radical (unpaired) electrons. The minimum atomic E-state index is -0.503. The van der Waals surface area contributed by atoms with E-state index in [1.807, 2.05) is 12.1 Å². The Labute approximate surface area is 144 Å². The summed E-state index contributed by atoms with van der Waals surface area (Å²) in [5.41, 5.74) is 14.1. The molecule has 0 aliphatic carbocycles. The molecule has 6 nitrogen and oxygen atoms in total. The molecule has 7 heteroatoms. The van der Waals surface area contributed by atoms with Crippen LogP contribution < -0.4 is 20.9 Å². The first-order valence-electron chi connectivity index (χ1n) is 7.44. The average Bonchev–Trinajstić information content (AvgIpc) is 2.61. The van der Waals surface area contributed by atoms with E-state index < -0.39 is 5.82 Å². The van der Waals surface area contributed by atoms with Crippen LogP contribution in [0.25, 0.3) is 22.4 Å². The molecular weight excluding hydrogens is 323 g/mol. The Kier molecular flexibility index (Phi) is 4.38. The molecule has 0 fully saturated rings. The van der Waals surface area contributed by atoms with E-state index in [9.17, 15) is 4.39 Å². The van der Waals surface area contributed by atoms with Crippen LogP contribution in [0.5, 0.6) is 11.5 Å². The van der Waals surface area contributed by atoms with Gasteiger partial charge in [0.1, 0.15) is 11.6 Å². The maximum Gasteiger partial charge on any atom is 0.222 e. The third-order valence-electron chi connectivity index (χ3n) is 3.76. The lowest BCUT2D eigenvalue weighted by molar-refractivity contribution is 0.386. The smallest absolute Gasteiger partial charge is 0.222 e. The largest absolute Gasteiger partial charge is 0.497 e. The van der Waals surface area contributed by atoms with Crippen LogP contribution in [0, 0.1) is 5.82 Å². The Bertz CT molecular complexity index is 914. The maximum absolute atomic E-state index is 14.1. The number of nitrogen functional groups attached to an aromatic ring is 2. The van der Waals surface area contributed by atoms with E-state index in [2.05, 4.69) is 9.97 Å². The lowest BCUT2D eigenvalue weighted by Crippen LogP contribution is -2.05. The highest BCUT2D eigenvalue weighted by atomic mass is 19.1. The second kappa shape index (κ2) is 6.64. The third kappa shape index (κ3) is 3.16. The van der Waals surface area contributed by atoms with Gasteiger partial charge in [0.05, 0.1) is 25.5 Å². The van der Waals surface area contributed by atoms with E-state index in [0.29, 0.717) is 22.6 Å². The van der Waals surface area contributed by atoms with Crippen LogP contribution in [0.1, 0.15) is 0 Å². The number of hydrogen-bond acceptors (Lipinski definition) is 6. The Morgan fingerprint density at radius 3 is 2.16 bits per heavy atom. The number of nitrogens with zero attached hydrogens (tertiary/aromatic N) is 2. The van der Waals surface area contributed by atoms with Crippen molar-refractivity contribution >= 4 is 11.8 Å². The summed E-state index contributed by atoms with van der Waals surface area (Å²) < 4.78 is 24.2. The van der Waals surface area contributed by atoms with Gasteiger partial charge in [0.15, 0.2) is 11.6 Å². The Morgan fingerprint density at radius 1 is 0.880 bits per heavy atom. The molecule has 0 atom stereocenters. The fourth-order valence-electron chi connectivity index (χ4n) is 2.56. The molecule has 0 amide bonds. The highest BCUT2D eigenvalue weighted by Gasteiger charge is 2.17. The van der Waals surface area contributed by atoms with E-state index in [1.165, 1.54) is 19.2 Å². The maximum atomic E-state index is 14.1. The summed E-state index contributed by atoms with van der Waals surface area (Å²) in [6.45, 7) is 0. The molecule has 0 spiro atoms. The SMILES string of the molecule is COc1ccc(-c2nc(N)nc(N)c2-c2ccc(OC)c(F)c2)cc1. The van der Waals surface area contributed by atoms with Crippen molar-refractivity contribution in [1.29, 1.82) is 0 Å². The van der Waals surface area contributed by atoms with Crippen molar-refractivity contribution in [1.82, 2.24) is 9.97 Å². The van der Waals surface area contributed by atoms with Crippen LogP contribution >= 0.6 is 0 Å². The first-order chi connectivity index (χ1) is 12.0. The Balaban J connectivity index is 2.20. The number of hydrogen-bond donors (Lipinski definition) is 2. The molecular formula is C18H17FN4O2. The fraction of sp³-hybridized carbons (Fsp3) is 0.111. The molecule has 0 aliphatic heterocycles. The molecule has 128 valence electrons. The second-order valence-electron chi connectivity index (χ2n) is 5.27. The molecule has 0 aliphatic rings. The van der Waals surface area contributed by atoms with E-state index in [4.69, 9.17) is 20.9 Å². The number of aromatic nitrogens is 2. The highest BCUT2D eigenvalue weighted by Crippen LogP contribution is 2.36. The fourth-order valence-corrected chi connectivity index (χ4v) is 2.56. The highest BCUT2D eigenvalue weighted by molar-refractivity contribution is 5.88. The first kappa shape index (κ1) is 16.5. The Morgan fingerprint density at radius 2 is 1.56 bits per heavy atom. The molecule has 0 saturated carbocycles. The molecule has 1 aromatic heterocycles. The third-order valence-corrected chi connectivity index (χ3v) is 3.76. The first-order valence-corrected chi connectivity index (χ1v) is 7.44. The van der Waals surface area contributed by atoms with Crippen LogP contribution in [0.2, 0.25) is 0 Å². The van der Waals surface area contributed by atoms with Gasteiger partial charge in [-0.3, -0.25) is 0 Å². The van der Waals surface area contributed by atoms with Crippen LogP contribution in [0.3, 0.4) is 0 Å². The predicted molar refractivity (Wildman–Crippen MR) is 94.8 cm³/mol. The number of benzene rings is 2. The van der Waals surface area contributed by atoms with Gasteiger partial charge in [0.2, 0.25) is 5.95 Å². The predicted octanol–water partition coefficient (Wildman–Crippen LogP) is 3.13. The van der Waals surface area contributed by atoms with E-state index in [-0.39, 0.29) is 17.5 Å². The van der Waals surface area contributed by atoms with Gasteiger partial charge in [-0.05, 0) is 42.0 Å². The van der Waals surface area contributed by atoms with Crippen molar-refractivity contribution in [2.45, 2.75) is 0 Å². The quantitative estimate of drug-likeness (QED) is 0.757. The summed E-state index contributed by atoms with van der Waals surface area (Å²) in [5, 5.41) is 0. The molecule has 0 unspecified atom stereocenters. The molecule has 3 aromatic rings. The normalized spacial score (nSPS) is 10.5. The van der Waals surface area contributed by atoms with Gasteiger partial charge in [-0.15, -0.1) is 0 Å². The summed E-state index contributed by atoms with van der Waals surface area (Å²) in [4.78, 5) is 8.31. The van der Waals surface area contributed by atoms with Crippen molar-refractivity contribution in [3.8, 4) is 33.9 Å². The topological polar surface area (TPSA) is 96.3 Å². The van der Waals surface area contributed by atoms with Gasteiger partial charge >= 0.3 is 0 Å². The second-order valence-corrected chi connectivity index (χ2v) is 5.27. The molecule has 0 bridgehead atoms. The van der Waals surface area contributed by atoms with Crippen molar-refractivity contribution in [2.75, 3.05) is 25.7 Å². The average molecular weight is 340 g/mol. The number of ether oxygens (including phenoxy) is 2. The number of methoxy groups -OCH3 is 2. The van der Waals surface area contributed by atoms with E-state index >= 15 is 0 Å². The van der Waals surface area contributed by atoms with Crippen LogP contribution in [0.15, 0.2) is 42.5 Å². The number of nitrogens with two attached hydrogens (primary N) is 2. The van der Waals surface area contributed by atoms with Gasteiger partial charge in [0.25, 0.3) is 0 Å². The summed E-state index contributed by atoms with van der Waals surface area (Å²) in [5.74, 6) is 0.557.